The summed E-state index contributed by atoms with van der Waals surface area (Å²) >= 11 is 0. The van der Waals surface area contributed by atoms with Crippen LogP contribution in [0.15, 0.2) is 0 Å². The zero-order chi connectivity index (χ0) is 9.90. The average molecular weight is 185 g/mol. The zero-order valence-corrected chi connectivity index (χ0v) is 7.96. The lowest BCUT2D eigenvalue weighted by molar-refractivity contribution is 0.0836. The van der Waals surface area contributed by atoms with Crippen LogP contribution in [0.25, 0.3) is 0 Å². The Hall–Kier alpha value is -0.620. The van der Waals surface area contributed by atoms with Crippen molar-refractivity contribution in [3.63, 3.8) is 0 Å². The van der Waals surface area contributed by atoms with Gasteiger partial charge in [-0.1, -0.05) is 13.3 Å². The zero-order valence-electron chi connectivity index (χ0n) is 7.96. The fourth-order valence-corrected chi connectivity index (χ4v) is 2.24. The molecule has 13 heavy (non-hydrogen) atoms. The van der Waals surface area contributed by atoms with Crippen LogP contribution in [0.4, 0.5) is 4.39 Å². The molecule has 1 rings (SSSR count). The lowest BCUT2D eigenvalue weighted by Crippen LogP contribution is -2.28. The number of rotatable bonds is 3. The Morgan fingerprint density at radius 2 is 2.46 bits per heavy atom. The first-order valence-corrected chi connectivity index (χ1v) is 4.80. The van der Waals surface area contributed by atoms with Crippen LogP contribution in [0.3, 0.4) is 0 Å². The van der Waals surface area contributed by atoms with Crippen LogP contribution in [0.5, 0.6) is 0 Å². The third kappa shape index (κ3) is 2.00. The van der Waals surface area contributed by atoms with Crippen LogP contribution in [0, 0.1) is 22.7 Å². The van der Waals surface area contributed by atoms with Gasteiger partial charge in [-0.25, -0.2) is 4.39 Å². The molecule has 3 atom stereocenters. The van der Waals surface area contributed by atoms with Gasteiger partial charge in [0.05, 0.1) is 17.6 Å². The van der Waals surface area contributed by atoms with E-state index in [9.17, 15) is 9.50 Å². The van der Waals surface area contributed by atoms with Crippen molar-refractivity contribution in [3.05, 3.63) is 0 Å². The predicted molar refractivity (Wildman–Crippen MR) is 47.7 cm³/mol. The maximum absolute atomic E-state index is 12.1. The second-order valence-corrected chi connectivity index (χ2v) is 4.07. The van der Waals surface area contributed by atoms with Gasteiger partial charge in [-0.3, -0.25) is 0 Å². The summed E-state index contributed by atoms with van der Waals surface area (Å²) in [5.74, 6) is 0.290. The van der Waals surface area contributed by atoms with E-state index in [0.29, 0.717) is 12.3 Å². The molecule has 3 unspecified atom stereocenters. The summed E-state index contributed by atoms with van der Waals surface area (Å²) in [5.41, 5.74) is -0.467. The van der Waals surface area contributed by atoms with Gasteiger partial charge >= 0.3 is 0 Å². The van der Waals surface area contributed by atoms with E-state index in [1.165, 1.54) is 0 Å². The van der Waals surface area contributed by atoms with Gasteiger partial charge in [0.2, 0.25) is 0 Å². The average Bonchev–Trinajstić information content (AvgIpc) is 2.48. The third-order valence-corrected chi connectivity index (χ3v) is 3.20. The van der Waals surface area contributed by atoms with Gasteiger partial charge in [0.1, 0.15) is 6.67 Å². The standard InChI is InChI=1S/C10H16FNO/c1-8-3-2-4-10(8,7-12)5-9(13)6-11/h8-9,13H,2-6H2,1H3. The molecule has 0 aromatic heterocycles. The van der Waals surface area contributed by atoms with Crippen molar-refractivity contribution in [1.82, 2.24) is 0 Å². The number of hydrogen-bond acceptors (Lipinski definition) is 2. The molecule has 1 fully saturated rings. The van der Waals surface area contributed by atoms with Crippen LogP contribution < -0.4 is 0 Å². The van der Waals surface area contributed by atoms with Gasteiger partial charge in [-0.2, -0.15) is 5.26 Å². The van der Waals surface area contributed by atoms with Gasteiger partial charge in [0, 0.05) is 0 Å². The lowest BCUT2D eigenvalue weighted by atomic mass is 9.76. The summed E-state index contributed by atoms with van der Waals surface area (Å²) < 4.78 is 12.1. The Labute approximate surface area is 78.4 Å². The summed E-state index contributed by atoms with van der Waals surface area (Å²) in [6.07, 6.45) is 2.18. The minimum absolute atomic E-state index is 0.290. The monoisotopic (exact) mass is 185 g/mol. The Balaban J connectivity index is 2.65. The van der Waals surface area contributed by atoms with Crippen LogP contribution in [0.1, 0.15) is 32.6 Å². The molecule has 2 nitrogen and oxygen atoms in total. The Kier molecular flexibility index (Phi) is 3.27. The first kappa shape index (κ1) is 10.5. The van der Waals surface area contributed by atoms with Crippen molar-refractivity contribution in [2.45, 2.75) is 38.7 Å². The SMILES string of the molecule is CC1CCCC1(C#N)CC(O)CF. The van der Waals surface area contributed by atoms with Gasteiger partial charge < -0.3 is 5.11 Å². The smallest absolute Gasteiger partial charge is 0.115 e. The second-order valence-electron chi connectivity index (χ2n) is 4.07. The molecule has 0 aliphatic heterocycles. The molecule has 0 heterocycles. The molecule has 0 amide bonds. The van der Waals surface area contributed by atoms with Gasteiger partial charge in [0.25, 0.3) is 0 Å². The molecule has 1 aliphatic carbocycles. The normalized spacial score (nSPS) is 35.7. The van der Waals surface area contributed by atoms with E-state index in [1.54, 1.807) is 0 Å². The van der Waals surface area contributed by atoms with Crippen LogP contribution in [-0.2, 0) is 0 Å². The van der Waals surface area contributed by atoms with Gasteiger partial charge in [-0.15, -0.1) is 0 Å². The molecule has 74 valence electrons. The molecule has 1 aliphatic rings. The van der Waals surface area contributed by atoms with Crippen molar-refractivity contribution in [1.29, 1.82) is 5.26 Å². The molecule has 1 N–H and O–H groups in total. The molecular weight excluding hydrogens is 169 g/mol. The highest BCUT2D eigenvalue weighted by Gasteiger charge is 2.41. The molecule has 0 aromatic carbocycles. The number of hydrogen-bond donors (Lipinski definition) is 1. The first-order chi connectivity index (χ1) is 6.14. The minimum Gasteiger partial charge on any atom is -0.390 e. The van der Waals surface area contributed by atoms with Crippen molar-refractivity contribution >= 4 is 0 Å². The Morgan fingerprint density at radius 3 is 2.85 bits per heavy atom. The summed E-state index contributed by atoms with van der Waals surface area (Å²) in [6, 6.07) is 2.27. The van der Waals surface area contributed by atoms with Crippen LogP contribution in [-0.4, -0.2) is 17.9 Å². The Morgan fingerprint density at radius 1 is 1.77 bits per heavy atom. The molecule has 0 spiro atoms. The van der Waals surface area contributed by atoms with E-state index in [2.05, 4.69) is 6.07 Å². The quantitative estimate of drug-likeness (QED) is 0.731. The van der Waals surface area contributed by atoms with Crippen LogP contribution >= 0.6 is 0 Å². The summed E-state index contributed by atoms with van der Waals surface area (Å²) in [7, 11) is 0. The number of nitrogens with zero attached hydrogens (tertiary/aromatic N) is 1. The van der Waals surface area contributed by atoms with Crippen molar-refractivity contribution in [2.75, 3.05) is 6.67 Å². The molecule has 0 aromatic rings. The number of halogens is 1. The second kappa shape index (κ2) is 4.06. The Bertz CT molecular complexity index is 213. The summed E-state index contributed by atoms with van der Waals surface area (Å²) in [6.45, 7) is 1.28. The molecule has 0 bridgehead atoms. The number of aliphatic hydroxyl groups is 1. The molecule has 0 saturated heterocycles. The predicted octanol–water partition coefficient (Wildman–Crippen LogP) is 2.04. The third-order valence-electron chi connectivity index (χ3n) is 3.20. The highest BCUT2D eigenvalue weighted by Crippen LogP contribution is 2.45. The molecule has 0 radical (unpaired) electrons. The van der Waals surface area contributed by atoms with E-state index in [1.807, 2.05) is 6.92 Å². The minimum atomic E-state index is -0.958. The molecule has 1 saturated carbocycles. The molecular formula is C10H16FNO. The highest BCUT2D eigenvalue weighted by molar-refractivity contribution is 5.06. The van der Waals surface area contributed by atoms with E-state index in [0.717, 1.165) is 19.3 Å². The van der Waals surface area contributed by atoms with Gasteiger partial charge in [0.15, 0.2) is 0 Å². The fourth-order valence-electron chi connectivity index (χ4n) is 2.24. The maximum atomic E-state index is 12.1. The maximum Gasteiger partial charge on any atom is 0.115 e. The number of nitriles is 1. The van der Waals surface area contributed by atoms with E-state index in [4.69, 9.17) is 5.26 Å². The summed E-state index contributed by atoms with van der Waals surface area (Å²) in [5, 5.41) is 18.3. The van der Waals surface area contributed by atoms with Crippen molar-refractivity contribution < 1.29 is 9.50 Å². The van der Waals surface area contributed by atoms with Crippen molar-refractivity contribution in [3.8, 4) is 6.07 Å². The van der Waals surface area contributed by atoms with E-state index < -0.39 is 18.2 Å². The lowest BCUT2D eigenvalue weighted by Gasteiger charge is -2.27. The molecule has 3 heteroatoms. The highest BCUT2D eigenvalue weighted by atomic mass is 19.1. The fraction of sp³-hybridized carbons (Fsp3) is 0.900. The van der Waals surface area contributed by atoms with E-state index in [-0.39, 0.29) is 0 Å². The topological polar surface area (TPSA) is 44.0 Å². The largest absolute Gasteiger partial charge is 0.390 e. The number of alkyl halides is 1. The number of aliphatic hydroxyl groups excluding tert-OH is 1. The van der Waals surface area contributed by atoms with Gasteiger partial charge in [-0.05, 0) is 25.2 Å². The first-order valence-electron chi connectivity index (χ1n) is 4.80. The summed E-state index contributed by atoms with van der Waals surface area (Å²) in [4.78, 5) is 0. The van der Waals surface area contributed by atoms with E-state index >= 15 is 0 Å². The van der Waals surface area contributed by atoms with Crippen molar-refractivity contribution in [2.24, 2.45) is 11.3 Å². The van der Waals surface area contributed by atoms with Crippen LogP contribution in [0.2, 0.25) is 0 Å².